The van der Waals surface area contributed by atoms with Gasteiger partial charge in [-0.25, -0.2) is 0 Å². The van der Waals surface area contributed by atoms with Crippen molar-refractivity contribution in [2.75, 3.05) is 19.8 Å². The Kier molecular flexibility index (Phi) is 5.64. The molecule has 0 aliphatic carbocycles. The van der Waals surface area contributed by atoms with E-state index in [4.69, 9.17) is 4.74 Å². The molecule has 0 saturated carbocycles. The average molecular weight is 262 g/mol. The number of carbonyl (C=O) groups is 1. The highest BCUT2D eigenvalue weighted by molar-refractivity contribution is 5.79. The summed E-state index contributed by atoms with van der Waals surface area (Å²) in [4.78, 5) is 10.6. The molecule has 1 aromatic rings. The summed E-state index contributed by atoms with van der Waals surface area (Å²) in [5.74, 6) is 0.420. The molecule has 6 heteroatoms. The fourth-order valence-corrected chi connectivity index (χ4v) is 1.24. The van der Waals surface area contributed by atoms with E-state index in [1.165, 1.54) is 0 Å². The van der Waals surface area contributed by atoms with Crippen molar-refractivity contribution in [3.05, 3.63) is 29.8 Å². The van der Waals surface area contributed by atoms with Crippen molar-refractivity contribution < 1.29 is 27.4 Å². The van der Waals surface area contributed by atoms with Gasteiger partial charge in [0.15, 0.2) is 6.29 Å². The molecule has 0 atom stereocenters. The molecule has 0 N–H and O–H groups in total. The van der Waals surface area contributed by atoms with Crippen LogP contribution in [-0.2, 0) is 4.74 Å². The second-order valence-electron chi connectivity index (χ2n) is 3.53. The van der Waals surface area contributed by atoms with Crippen molar-refractivity contribution in [1.29, 1.82) is 0 Å². The maximum Gasteiger partial charge on any atom is 0.411 e. The Morgan fingerprint density at radius 1 is 1.17 bits per heavy atom. The van der Waals surface area contributed by atoms with E-state index in [1.807, 2.05) is 0 Å². The first-order valence-corrected chi connectivity index (χ1v) is 5.34. The lowest BCUT2D eigenvalue weighted by atomic mass is 10.2. The number of alkyl halides is 3. The van der Waals surface area contributed by atoms with Crippen molar-refractivity contribution in [2.24, 2.45) is 0 Å². The molecule has 0 spiro atoms. The standard InChI is InChI=1S/C12H13F3O3/c13-12(14,15)9-17-6-3-7-18-11-5-2-1-4-10(11)8-16/h1-2,4-5,8H,3,6-7,9H2. The maximum atomic E-state index is 11.7. The Bertz CT molecular complexity index is 377. The SMILES string of the molecule is O=Cc1ccccc1OCCCOCC(F)(F)F. The van der Waals surface area contributed by atoms with Crippen LogP contribution in [0.15, 0.2) is 24.3 Å². The third-order valence-corrected chi connectivity index (χ3v) is 2.00. The van der Waals surface area contributed by atoms with Crippen LogP contribution < -0.4 is 4.74 Å². The number of rotatable bonds is 7. The van der Waals surface area contributed by atoms with Gasteiger partial charge in [-0.3, -0.25) is 4.79 Å². The molecule has 0 saturated heterocycles. The van der Waals surface area contributed by atoms with Crippen LogP contribution in [0.1, 0.15) is 16.8 Å². The molecule has 0 bridgehead atoms. The van der Waals surface area contributed by atoms with E-state index >= 15 is 0 Å². The lowest BCUT2D eigenvalue weighted by molar-refractivity contribution is -0.174. The number of benzene rings is 1. The van der Waals surface area contributed by atoms with E-state index in [0.717, 1.165) is 0 Å². The molecule has 1 aromatic carbocycles. The minimum absolute atomic E-state index is 0.0389. The fraction of sp³-hybridized carbons (Fsp3) is 0.417. The summed E-state index contributed by atoms with van der Waals surface area (Å²) in [6.07, 6.45) is -3.32. The molecule has 0 radical (unpaired) electrons. The minimum atomic E-state index is -4.30. The Hall–Kier alpha value is -1.56. The molecule has 0 fully saturated rings. The van der Waals surface area contributed by atoms with Gasteiger partial charge >= 0.3 is 6.18 Å². The Balaban J connectivity index is 2.20. The van der Waals surface area contributed by atoms with Gasteiger partial charge in [-0.05, 0) is 12.1 Å². The minimum Gasteiger partial charge on any atom is -0.493 e. The topological polar surface area (TPSA) is 35.5 Å². The average Bonchev–Trinajstić information content (AvgIpc) is 2.32. The van der Waals surface area contributed by atoms with Gasteiger partial charge in [0.25, 0.3) is 0 Å². The highest BCUT2D eigenvalue weighted by Gasteiger charge is 2.27. The van der Waals surface area contributed by atoms with E-state index < -0.39 is 12.8 Å². The van der Waals surface area contributed by atoms with Crippen LogP contribution in [-0.4, -0.2) is 32.3 Å². The molecule has 0 aliphatic heterocycles. The molecular formula is C12H13F3O3. The van der Waals surface area contributed by atoms with Crippen molar-refractivity contribution in [3.8, 4) is 5.75 Å². The predicted octanol–water partition coefficient (Wildman–Crippen LogP) is 2.85. The summed E-state index contributed by atoms with van der Waals surface area (Å²) in [5, 5.41) is 0. The summed E-state index contributed by atoms with van der Waals surface area (Å²) in [6.45, 7) is -1.09. The second kappa shape index (κ2) is 7.00. The summed E-state index contributed by atoms with van der Waals surface area (Å²) >= 11 is 0. The van der Waals surface area contributed by atoms with E-state index in [-0.39, 0.29) is 13.2 Å². The van der Waals surface area contributed by atoms with Gasteiger partial charge < -0.3 is 9.47 Å². The number of ether oxygens (including phenoxy) is 2. The van der Waals surface area contributed by atoms with Crippen molar-refractivity contribution in [2.45, 2.75) is 12.6 Å². The van der Waals surface area contributed by atoms with Crippen LogP contribution in [0.3, 0.4) is 0 Å². The zero-order valence-electron chi connectivity index (χ0n) is 9.57. The monoisotopic (exact) mass is 262 g/mol. The van der Waals surface area contributed by atoms with Crippen LogP contribution >= 0.6 is 0 Å². The number of carbonyl (C=O) groups excluding carboxylic acids is 1. The van der Waals surface area contributed by atoms with Crippen LogP contribution in [0, 0.1) is 0 Å². The number of halogens is 3. The number of para-hydroxylation sites is 1. The van der Waals surface area contributed by atoms with E-state index in [1.54, 1.807) is 24.3 Å². The first-order valence-electron chi connectivity index (χ1n) is 5.34. The van der Waals surface area contributed by atoms with Gasteiger partial charge in [0.1, 0.15) is 12.4 Å². The highest BCUT2D eigenvalue weighted by atomic mass is 19.4. The fourth-order valence-electron chi connectivity index (χ4n) is 1.24. The van der Waals surface area contributed by atoms with E-state index in [2.05, 4.69) is 4.74 Å². The summed E-state index contributed by atoms with van der Waals surface area (Å²) in [7, 11) is 0. The van der Waals surface area contributed by atoms with Crippen LogP contribution in [0.4, 0.5) is 13.2 Å². The largest absolute Gasteiger partial charge is 0.493 e. The van der Waals surface area contributed by atoms with Crippen molar-refractivity contribution in [3.63, 3.8) is 0 Å². The Labute approximate surface area is 103 Å². The summed E-state index contributed by atoms with van der Waals surface area (Å²) in [6, 6.07) is 6.63. The smallest absolute Gasteiger partial charge is 0.411 e. The van der Waals surface area contributed by atoms with E-state index in [0.29, 0.717) is 24.0 Å². The Morgan fingerprint density at radius 3 is 2.56 bits per heavy atom. The van der Waals surface area contributed by atoms with Gasteiger partial charge in [-0.15, -0.1) is 0 Å². The van der Waals surface area contributed by atoms with Gasteiger partial charge in [0, 0.05) is 6.42 Å². The van der Waals surface area contributed by atoms with Gasteiger partial charge in [-0.2, -0.15) is 13.2 Å². The normalized spacial score (nSPS) is 11.3. The first kappa shape index (κ1) is 14.5. The van der Waals surface area contributed by atoms with Crippen LogP contribution in [0.25, 0.3) is 0 Å². The predicted molar refractivity (Wildman–Crippen MR) is 58.8 cm³/mol. The first-order chi connectivity index (χ1) is 8.53. The van der Waals surface area contributed by atoms with Gasteiger partial charge in [0.2, 0.25) is 0 Å². The maximum absolute atomic E-state index is 11.7. The molecule has 0 amide bonds. The Morgan fingerprint density at radius 2 is 1.89 bits per heavy atom. The zero-order valence-corrected chi connectivity index (χ0v) is 9.57. The van der Waals surface area contributed by atoms with Crippen LogP contribution in [0.5, 0.6) is 5.75 Å². The number of aldehydes is 1. The lowest BCUT2D eigenvalue weighted by Crippen LogP contribution is -2.18. The van der Waals surface area contributed by atoms with Gasteiger partial charge in [0.05, 0.1) is 18.8 Å². The number of hydrogen-bond acceptors (Lipinski definition) is 3. The molecule has 1 rings (SSSR count). The second-order valence-corrected chi connectivity index (χ2v) is 3.53. The number of hydrogen-bond donors (Lipinski definition) is 0. The molecule has 0 aromatic heterocycles. The van der Waals surface area contributed by atoms with Crippen molar-refractivity contribution in [1.82, 2.24) is 0 Å². The zero-order chi connectivity index (χ0) is 13.4. The van der Waals surface area contributed by atoms with Crippen LogP contribution in [0.2, 0.25) is 0 Å². The molecule has 100 valence electrons. The molecule has 0 heterocycles. The van der Waals surface area contributed by atoms with E-state index in [9.17, 15) is 18.0 Å². The highest BCUT2D eigenvalue weighted by Crippen LogP contribution is 2.16. The third kappa shape index (κ3) is 5.67. The molecule has 0 unspecified atom stereocenters. The lowest BCUT2D eigenvalue weighted by Gasteiger charge is -2.09. The molecule has 18 heavy (non-hydrogen) atoms. The summed E-state index contributed by atoms with van der Waals surface area (Å²) < 4.78 is 44.9. The van der Waals surface area contributed by atoms with Crippen molar-refractivity contribution >= 4 is 6.29 Å². The quantitative estimate of drug-likeness (QED) is 0.560. The molecular weight excluding hydrogens is 249 g/mol. The third-order valence-electron chi connectivity index (χ3n) is 2.00. The van der Waals surface area contributed by atoms with Gasteiger partial charge in [-0.1, -0.05) is 12.1 Å². The summed E-state index contributed by atoms with van der Waals surface area (Å²) in [5.41, 5.74) is 0.411. The molecule has 0 aliphatic rings. The molecule has 3 nitrogen and oxygen atoms in total.